The first-order chi connectivity index (χ1) is 14.4. The van der Waals surface area contributed by atoms with Crippen LogP contribution in [0.4, 0.5) is 0 Å². The van der Waals surface area contributed by atoms with E-state index in [4.69, 9.17) is 4.98 Å². The second kappa shape index (κ2) is 8.57. The van der Waals surface area contributed by atoms with Gasteiger partial charge in [-0.1, -0.05) is 33.8 Å². The highest BCUT2D eigenvalue weighted by atomic mass is 16.4. The molecule has 0 saturated carbocycles. The lowest BCUT2D eigenvalue weighted by Crippen LogP contribution is -2.01. The molecule has 30 heavy (non-hydrogen) atoms. The van der Waals surface area contributed by atoms with E-state index in [1.807, 2.05) is 45.9 Å². The Bertz CT molecular complexity index is 1020. The van der Waals surface area contributed by atoms with Gasteiger partial charge in [-0.25, -0.2) is 14.6 Å². The maximum absolute atomic E-state index is 11.7. The van der Waals surface area contributed by atoms with Gasteiger partial charge < -0.3 is 20.2 Å². The van der Waals surface area contributed by atoms with E-state index in [1.165, 1.54) is 0 Å². The monoisotopic (exact) mass is 409 g/mol. The van der Waals surface area contributed by atoms with Crippen molar-refractivity contribution in [2.45, 2.75) is 53.4 Å². The highest BCUT2D eigenvalue weighted by Gasteiger charge is 2.23. The van der Waals surface area contributed by atoms with Gasteiger partial charge in [0.1, 0.15) is 11.4 Å². The number of nitrogens with one attached hydrogen (secondary N) is 2. The minimum atomic E-state index is -0.986. The number of aromatic nitrogens is 3. The number of carbonyl (C=O) groups is 2. The maximum atomic E-state index is 11.7. The van der Waals surface area contributed by atoms with Crippen LogP contribution in [0.5, 0.6) is 0 Å². The van der Waals surface area contributed by atoms with Crippen LogP contribution in [-0.2, 0) is 25.7 Å². The van der Waals surface area contributed by atoms with Crippen molar-refractivity contribution in [1.82, 2.24) is 15.0 Å². The predicted octanol–water partition coefficient (Wildman–Crippen LogP) is 4.72. The molecule has 7 heteroatoms. The van der Waals surface area contributed by atoms with E-state index in [0.29, 0.717) is 48.5 Å². The van der Waals surface area contributed by atoms with E-state index in [-0.39, 0.29) is 11.4 Å². The Labute approximate surface area is 175 Å². The largest absolute Gasteiger partial charge is 0.477 e. The van der Waals surface area contributed by atoms with Gasteiger partial charge in [-0.05, 0) is 60.1 Å². The van der Waals surface area contributed by atoms with E-state index in [9.17, 15) is 19.8 Å². The Morgan fingerprint density at radius 1 is 0.733 bits per heavy atom. The average molecular weight is 409 g/mol. The number of nitrogens with zero attached hydrogens (tertiary/aromatic N) is 1. The third-order valence-electron chi connectivity index (χ3n) is 5.54. The zero-order valence-electron chi connectivity index (χ0n) is 17.7. The summed E-state index contributed by atoms with van der Waals surface area (Å²) in [6, 6.07) is 5.54. The van der Waals surface area contributed by atoms with Crippen LogP contribution in [0, 0.1) is 0 Å². The minimum Gasteiger partial charge on any atom is -0.477 e. The summed E-state index contributed by atoms with van der Waals surface area (Å²) in [5.41, 5.74) is 6.56. The van der Waals surface area contributed by atoms with Crippen molar-refractivity contribution in [2.24, 2.45) is 0 Å². The fourth-order valence-corrected chi connectivity index (χ4v) is 4.23. The third-order valence-corrected chi connectivity index (χ3v) is 5.54. The summed E-state index contributed by atoms with van der Waals surface area (Å²) < 4.78 is 0. The van der Waals surface area contributed by atoms with E-state index in [1.54, 1.807) is 0 Å². The normalized spacial score (nSPS) is 11.1. The fraction of sp³-hybridized carbons (Fsp3) is 0.348. The van der Waals surface area contributed by atoms with Gasteiger partial charge >= 0.3 is 11.9 Å². The van der Waals surface area contributed by atoms with E-state index >= 15 is 0 Å². The summed E-state index contributed by atoms with van der Waals surface area (Å²) in [7, 11) is 0. The summed E-state index contributed by atoms with van der Waals surface area (Å²) in [6.07, 6.45) is 2.58. The minimum absolute atomic E-state index is 0.201. The highest BCUT2D eigenvalue weighted by Crippen LogP contribution is 2.32. The third kappa shape index (κ3) is 3.51. The molecule has 3 aromatic heterocycles. The quantitative estimate of drug-likeness (QED) is 0.429. The molecule has 0 aliphatic rings. The van der Waals surface area contributed by atoms with Crippen LogP contribution < -0.4 is 0 Å². The molecule has 0 fully saturated rings. The number of aromatic amines is 2. The number of carboxylic acid groups (broad SMARTS) is 2. The van der Waals surface area contributed by atoms with Gasteiger partial charge in [-0.2, -0.15) is 0 Å². The first-order valence-corrected chi connectivity index (χ1v) is 10.3. The number of H-pyrrole nitrogens is 2. The van der Waals surface area contributed by atoms with E-state index < -0.39 is 11.9 Å². The second-order valence-electron chi connectivity index (χ2n) is 7.10. The molecule has 0 spiro atoms. The molecule has 0 aliphatic heterocycles. The van der Waals surface area contributed by atoms with Crippen molar-refractivity contribution in [3.63, 3.8) is 0 Å². The van der Waals surface area contributed by atoms with Crippen LogP contribution in [0.1, 0.15) is 70.9 Å². The lowest BCUT2D eigenvalue weighted by Gasteiger charge is -2.07. The van der Waals surface area contributed by atoms with Gasteiger partial charge in [-0.15, -0.1) is 0 Å². The van der Waals surface area contributed by atoms with Crippen LogP contribution in [0.15, 0.2) is 18.2 Å². The molecule has 0 amide bonds. The van der Waals surface area contributed by atoms with Crippen LogP contribution in [0.3, 0.4) is 0 Å². The second-order valence-corrected chi connectivity index (χ2v) is 7.10. The Balaban J connectivity index is 2.20. The van der Waals surface area contributed by atoms with Crippen LogP contribution in [-0.4, -0.2) is 37.1 Å². The van der Waals surface area contributed by atoms with E-state index in [0.717, 1.165) is 22.3 Å². The first kappa shape index (κ1) is 21.4. The van der Waals surface area contributed by atoms with Gasteiger partial charge in [0.25, 0.3) is 0 Å². The summed E-state index contributed by atoms with van der Waals surface area (Å²) >= 11 is 0. The number of aromatic carboxylic acids is 2. The van der Waals surface area contributed by atoms with Crippen molar-refractivity contribution < 1.29 is 19.8 Å². The maximum Gasteiger partial charge on any atom is 0.352 e. The van der Waals surface area contributed by atoms with Crippen molar-refractivity contribution in [2.75, 3.05) is 0 Å². The zero-order valence-corrected chi connectivity index (χ0v) is 17.7. The Morgan fingerprint density at radius 2 is 1.10 bits per heavy atom. The molecule has 3 heterocycles. The van der Waals surface area contributed by atoms with Crippen molar-refractivity contribution in [3.05, 3.63) is 51.8 Å². The van der Waals surface area contributed by atoms with Gasteiger partial charge in [0.15, 0.2) is 0 Å². The molecular weight excluding hydrogens is 382 g/mol. The molecule has 4 N–H and O–H groups in total. The Morgan fingerprint density at radius 3 is 1.40 bits per heavy atom. The SMILES string of the molecule is CCc1c(C(=O)O)[nH]c(-c2cccc(-c3[nH]c(C(=O)O)c(CC)c3CC)n2)c1CC. The number of pyridine rings is 1. The molecule has 0 aromatic carbocycles. The summed E-state index contributed by atoms with van der Waals surface area (Å²) in [4.78, 5) is 34.3. The van der Waals surface area contributed by atoms with E-state index in [2.05, 4.69) is 9.97 Å². The number of carboxylic acids is 2. The molecule has 0 saturated heterocycles. The number of hydrogen-bond acceptors (Lipinski definition) is 3. The number of rotatable bonds is 8. The Hall–Kier alpha value is -3.35. The van der Waals surface area contributed by atoms with Crippen LogP contribution in [0.25, 0.3) is 22.8 Å². The van der Waals surface area contributed by atoms with Crippen LogP contribution in [0.2, 0.25) is 0 Å². The van der Waals surface area contributed by atoms with Crippen molar-refractivity contribution in [1.29, 1.82) is 0 Å². The fourth-order valence-electron chi connectivity index (χ4n) is 4.23. The molecule has 3 aromatic rings. The first-order valence-electron chi connectivity index (χ1n) is 10.3. The number of hydrogen-bond donors (Lipinski definition) is 4. The van der Waals surface area contributed by atoms with Crippen LogP contribution >= 0.6 is 0 Å². The molecule has 0 unspecified atom stereocenters. The van der Waals surface area contributed by atoms with Gasteiger partial charge in [-0.3, -0.25) is 0 Å². The van der Waals surface area contributed by atoms with Gasteiger partial charge in [0.2, 0.25) is 0 Å². The molecule has 3 rings (SSSR count). The molecule has 0 aliphatic carbocycles. The summed E-state index contributed by atoms with van der Waals surface area (Å²) in [6.45, 7) is 7.87. The Kier molecular flexibility index (Phi) is 6.10. The standard InChI is InChI=1S/C23H27N3O4/c1-5-12-14(7-3)20(22(27)28)25-18(12)16-10-9-11-17(24-16)19-13(6-2)15(8-4)21(26-19)23(29)30/h9-11,25-26H,5-8H2,1-4H3,(H,27,28)(H,29,30). The topological polar surface area (TPSA) is 119 Å². The summed E-state index contributed by atoms with van der Waals surface area (Å²) in [5, 5.41) is 19.2. The van der Waals surface area contributed by atoms with Crippen molar-refractivity contribution in [3.8, 4) is 22.8 Å². The van der Waals surface area contributed by atoms with Gasteiger partial charge in [0, 0.05) is 0 Å². The van der Waals surface area contributed by atoms with Gasteiger partial charge in [0.05, 0.1) is 22.8 Å². The predicted molar refractivity (Wildman–Crippen MR) is 115 cm³/mol. The summed E-state index contributed by atoms with van der Waals surface area (Å²) in [5.74, 6) is -1.97. The molecule has 7 nitrogen and oxygen atoms in total. The molecular formula is C23H27N3O4. The zero-order chi connectivity index (χ0) is 22.0. The molecule has 0 atom stereocenters. The molecule has 0 radical (unpaired) electrons. The molecule has 0 bridgehead atoms. The average Bonchev–Trinajstić information content (AvgIpc) is 3.31. The lowest BCUT2D eigenvalue weighted by molar-refractivity contribution is 0.0679. The van der Waals surface area contributed by atoms with Crippen molar-refractivity contribution >= 4 is 11.9 Å². The molecule has 158 valence electrons. The smallest absolute Gasteiger partial charge is 0.352 e. The lowest BCUT2D eigenvalue weighted by atomic mass is 10.0. The highest BCUT2D eigenvalue weighted by molar-refractivity contribution is 5.91.